The van der Waals surface area contributed by atoms with E-state index in [9.17, 15) is 18.3 Å². The molecule has 0 radical (unpaired) electrons. The maximum atomic E-state index is 12.0. The van der Waals surface area contributed by atoms with Gasteiger partial charge in [-0.25, -0.2) is 8.42 Å². The van der Waals surface area contributed by atoms with Crippen LogP contribution in [0.25, 0.3) is 11.1 Å². The number of hydrogen-bond acceptors (Lipinski definition) is 5. The summed E-state index contributed by atoms with van der Waals surface area (Å²) >= 11 is 0. The van der Waals surface area contributed by atoms with Gasteiger partial charge in [0.2, 0.25) is 0 Å². The van der Waals surface area contributed by atoms with E-state index in [1.807, 2.05) is 0 Å². The number of aromatic nitrogens is 1. The lowest BCUT2D eigenvalue weighted by Gasteiger charge is -2.12. The van der Waals surface area contributed by atoms with Crippen LogP contribution in [0, 0.1) is 0 Å². The minimum absolute atomic E-state index is 0.0166. The van der Waals surface area contributed by atoms with Gasteiger partial charge in [0.15, 0.2) is 15.6 Å². The molecule has 1 N–H and O–H groups in total. The summed E-state index contributed by atoms with van der Waals surface area (Å²) in [7, 11) is -0.397. The molecule has 0 atom stereocenters. The number of benzene rings is 1. The molecular weight excluding hydrogens is 306 g/mol. The van der Waals surface area contributed by atoms with Crippen LogP contribution in [0.2, 0.25) is 0 Å². The van der Waals surface area contributed by atoms with Crippen LogP contribution in [0.5, 0.6) is 11.5 Å². The second-order valence-electron chi connectivity index (χ2n) is 4.80. The highest BCUT2D eigenvalue weighted by Gasteiger charge is 2.16. The zero-order valence-electron chi connectivity index (χ0n) is 12.5. The Morgan fingerprint density at radius 3 is 2.50 bits per heavy atom. The molecule has 0 fully saturated rings. The number of hydrogen-bond donors (Lipinski definition) is 1. The molecule has 1 aromatic carbocycles. The van der Waals surface area contributed by atoms with Gasteiger partial charge >= 0.3 is 0 Å². The van der Waals surface area contributed by atoms with E-state index >= 15 is 0 Å². The normalized spacial score (nSPS) is 11.4. The third-order valence-electron chi connectivity index (χ3n) is 3.39. The molecule has 0 aliphatic carbocycles. The quantitative estimate of drug-likeness (QED) is 0.923. The summed E-state index contributed by atoms with van der Waals surface area (Å²) in [6, 6.07) is 5.81. The van der Waals surface area contributed by atoms with Gasteiger partial charge < -0.3 is 14.4 Å². The molecule has 1 aromatic heterocycles. The monoisotopic (exact) mass is 323 g/mol. The first-order valence-corrected chi connectivity index (χ1v) is 8.26. The highest BCUT2D eigenvalue weighted by Crippen LogP contribution is 2.33. The van der Waals surface area contributed by atoms with Crippen molar-refractivity contribution in [1.82, 2.24) is 4.57 Å². The van der Waals surface area contributed by atoms with Crippen molar-refractivity contribution in [2.75, 3.05) is 12.9 Å². The molecule has 7 heteroatoms. The predicted octanol–water partition coefficient (Wildman–Crippen LogP) is 1.56. The summed E-state index contributed by atoms with van der Waals surface area (Å²) in [5.74, 6) is 0.0241. The second-order valence-corrected chi connectivity index (χ2v) is 7.07. The van der Waals surface area contributed by atoms with Crippen LogP contribution >= 0.6 is 0 Å². The Morgan fingerprint density at radius 1 is 1.27 bits per heavy atom. The molecule has 2 aromatic rings. The van der Waals surface area contributed by atoms with Gasteiger partial charge in [-0.05, 0) is 24.3 Å². The van der Waals surface area contributed by atoms with Gasteiger partial charge in [-0.15, -0.1) is 0 Å². The predicted molar refractivity (Wildman–Crippen MR) is 83.1 cm³/mol. The van der Waals surface area contributed by atoms with Crippen molar-refractivity contribution in [3.05, 3.63) is 40.8 Å². The number of sulfone groups is 1. The van der Waals surface area contributed by atoms with Crippen LogP contribution in [0.3, 0.4) is 0 Å². The van der Waals surface area contributed by atoms with Crippen LogP contribution < -0.4 is 10.3 Å². The highest BCUT2D eigenvalue weighted by molar-refractivity contribution is 7.91. The van der Waals surface area contributed by atoms with Gasteiger partial charge in [0.25, 0.3) is 5.56 Å². The van der Waals surface area contributed by atoms with Crippen molar-refractivity contribution < 1.29 is 18.3 Å². The Bertz CT molecular complexity index is 842. The van der Waals surface area contributed by atoms with E-state index in [1.54, 1.807) is 13.0 Å². The van der Waals surface area contributed by atoms with E-state index in [4.69, 9.17) is 4.74 Å². The van der Waals surface area contributed by atoms with Crippen LogP contribution in [0.1, 0.15) is 6.92 Å². The first kappa shape index (κ1) is 16.1. The average Bonchev–Trinajstić information content (AvgIpc) is 2.51. The summed E-state index contributed by atoms with van der Waals surface area (Å²) < 4.78 is 30.5. The number of methoxy groups -OCH3 is 1. The van der Waals surface area contributed by atoms with Gasteiger partial charge in [0, 0.05) is 24.4 Å². The van der Waals surface area contributed by atoms with Crippen LogP contribution in [0.4, 0.5) is 0 Å². The molecule has 22 heavy (non-hydrogen) atoms. The fourth-order valence-electron chi connectivity index (χ4n) is 2.11. The Hall–Kier alpha value is -2.28. The molecule has 0 aliphatic rings. The van der Waals surface area contributed by atoms with E-state index in [0.717, 1.165) is 0 Å². The number of pyridine rings is 1. The second kappa shape index (κ2) is 5.84. The minimum Gasteiger partial charge on any atom is -0.503 e. The Kier molecular flexibility index (Phi) is 4.27. The van der Waals surface area contributed by atoms with Crippen LogP contribution in [0.15, 0.2) is 40.2 Å². The summed E-state index contributed by atoms with van der Waals surface area (Å²) in [5.41, 5.74) is 0.451. The largest absolute Gasteiger partial charge is 0.503 e. The van der Waals surface area contributed by atoms with Gasteiger partial charge in [-0.1, -0.05) is 6.92 Å². The smallest absolute Gasteiger partial charge is 0.292 e. The molecule has 1 heterocycles. The molecule has 0 spiro atoms. The van der Waals surface area contributed by atoms with Crippen molar-refractivity contribution in [3.8, 4) is 22.6 Å². The highest BCUT2D eigenvalue weighted by atomic mass is 32.2. The molecule has 0 saturated heterocycles. The Morgan fingerprint density at radius 2 is 1.95 bits per heavy atom. The molecule has 6 nitrogen and oxygen atoms in total. The zero-order valence-corrected chi connectivity index (χ0v) is 13.3. The first-order chi connectivity index (χ1) is 10.3. The van der Waals surface area contributed by atoms with E-state index < -0.39 is 21.1 Å². The average molecular weight is 323 g/mol. The van der Waals surface area contributed by atoms with Crippen molar-refractivity contribution in [2.45, 2.75) is 11.8 Å². The SMILES string of the molecule is CCS(=O)(=O)c1ccc(OC)c(-c2cc(O)c(=O)n(C)c2)c1. The maximum Gasteiger partial charge on any atom is 0.292 e. The topological polar surface area (TPSA) is 85.6 Å². The van der Waals surface area contributed by atoms with Crippen molar-refractivity contribution in [2.24, 2.45) is 7.05 Å². The van der Waals surface area contributed by atoms with Gasteiger partial charge in [-0.3, -0.25) is 4.79 Å². The molecular formula is C15H17NO5S. The maximum absolute atomic E-state index is 12.0. The lowest BCUT2D eigenvalue weighted by molar-refractivity contribution is 0.416. The van der Waals surface area contributed by atoms with E-state index in [1.165, 1.54) is 43.1 Å². The third-order valence-corrected chi connectivity index (χ3v) is 5.12. The van der Waals surface area contributed by atoms with Gasteiger partial charge in [0.1, 0.15) is 5.75 Å². The number of ether oxygens (including phenoxy) is 1. The van der Waals surface area contributed by atoms with Gasteiger partial charge in [-0.2, -0.15) is 0 Å². The zero-order chi connectivity index (χ0) is 16.5. The standard InChI is InChI=1S/C15H17NO5S/c1-4-22(19,20)11-5-6-14(21-3)12(8-11)10-7-13(17)15(18)16(2)9-10/h5-9,17H,4H2,1-3H3. The number of rotatable bonds is 4. The Balaban J connectivity index is 2.73. The molecule has 0 amide bonds. The van der Waals surface area contributed by atoms with Crippen LogP contribution in [-0.2, 0) is 16.9 Å². The van der Waals surface area contributed by atoms with Crippen LogP contribution in [-0.4, -0.2) is 31.0 Å². The summed E-state index contributed by atoms with van der Waals surface area (Å²) in [5, 5.41) is 9.69. The molecule has 0 saturated carbocycles. The number of aromatic hydroxyl groups is 1. The molecule has 0 aliphatic heterocycles. The molecule has 2 rings (SSSR count). The first-order valence-electron chi connectivity index (χ1n) is 6.61. The summed E-state index contributed by atoms with van der Waals surface area (Å²) in [6.07, 6.45) is 1.52. The number of nitrogens with zero attached hydrogens (tertiary/aromatic N) is 1. The van der Waals surface area contributed by atoms with Crippen molar-refractivity contribution >= 4 is 9.84 Å². The van der Waals surface area contributed by atoms with E-state index in [2.05, 4.69) is 0 Å². The minimum atomic E-state index is -3.37. The fraction of sp³-hybridized carbons (Fsp3) is 0.267. The van der Waals surface area contributed by atoms with Crippen molar-refractivity contribution in [3.63, 3.8) is 0 Å². The van der Waals surface area contributed by atoms with Gasteiger partial charge in [0.05, 0.1) is 17.8 Å². The molecule has 0 bridgehead atoms. The molecule has 118 valence electrons. The third kappa shape index (κ3) is 2.85. The van der Waals surface area contributed by atoms with E-state index in [0.29, 0.717) is 16.9 Å². The fourth-order valence-corrected chi connectivity index (χ4v) is 3.02. The lowest BCUT2D eigenvalue weighted by Crippen LogP contribution is -2.15. The summed E-state index contributed by atoms with van der Waals surface area (Å²) in [6.45, 7) is 1.57. The summed E-state index contributed by atoms with van der Waals surface area (Å²) in [4.78, 5) is 11.7. The molecule has 0 unspecified atom stereocenters. The van der Waals surface area contributed by atoms with Crippen molar-refractivity contribution in [1.29, 1.82) is 0 Å². The lowest BCUT2D eigenvalue weighted by atomic mass is 10.1. The van der Waals surface area contributed by atoms with E-state index in [-0.39, 0.29) is 10.6 Å². The number of aryl methyl sites for hydroxylation is 1. The Labute approximate surface area is 128 Å².